The van der Waals surface area contributed by atoms with Crippen LogP contribution in [0.5, 0.6) is 0 Å². The molecule has 2 amide bonds. The van der Waals surface area contributed by atoms with Gasteiger partial charge in [-0.3, -0.25) is 9.59 Å². The number of carbonyl (C=O) groups excluding carboxylic acids is 2. The molecule has 1 aliphatic heterocycles. The Labute approximate surface area is 172 Å². The number of nitrogens with zero attached hydrogens (tertiary/aromatic N) is 1. The van der Waals surface area contributed by atoms with E-state index >= 15 is 0 Å². The van der Waals surface area contributed by atoms with Crippen molar-refractivity contribution >= 4 is 40.4 Å². The number of halogens is 2. The van der Waals surface area contributed by atoms with Crippen LogP contribution in [0.4, 0.5) is 15.8 Å². The smallest absolute Gasteiger partial charge is 0.282 e. The lowest BCUT2D eigenvalue weighted by atomic mass is 10.0. The Morgan fingerprint density at radius 2 is 1.66 bits per heavy atom. The van der Waals surface area contributed by atoms with E-state index in [-0.39, 0.29) is 11.3 Å². The Hall–Kier alpha value is -3.44. The molecule has 0 unspecified atom stereocenters. The van der Waals surface area contributed by atoms with Crippen molar-refractivity contribution in [2.45, 2.75) is 6.92 Å². The molecular formula is C23H16ClFN2O2. The largest absolute Gasteiger partial charge is 0.350 e. The molecule has 4 nitrogen and oxygen atoms in total. The number of carbonyl (C=O) groups is 2. The number of hydrogen-bond acceptors (Lipinski definition) is 3. The second kappa shape index (κ2) is 7.53. The third-order valence-corrected chi connectivity index (χ3v) is 4.88. The van der Waals surface area contributed by atoms with Gasteiger partial charge in [0.15, 0.2) is 0 Å². The van der Waals surface area contributed by atoms with Crippen molar-refractivity contribution < 1.29 is 14.0 Å². The Bertz CT molecular complexity index is 1160. The number of aryl methyl sites for hydroxylation is 1. The molecule has 1 N–H and O–H groups in total. The minimum atomic E-state index is -0.511. The number of anilines is 2. The normalized spacial score (nSPS) is 14.0. The maximum atomic E-state index is 13.6. The standard InChI is InChI=1S/C23H16ClFN2O2/c1-14-12-16(24)10-11-19(14)27-22(28)20(15-6-3-2-4-7-15)21(23(27)29)26-18-9-5-8-17(25)13-18/h2-13,26H,1H3. The van der Waals surface area contributed by atoms with Crippen LogP contribution in [0.15, 0.2) is 78.5 Å². The number of hydrogen-bond donors (Lipinski definition) is 1. The summed E-state index contributed by atoms with van der Waals surface area (Å²) in [4.78, 5) is 27.7. The molecule has 3 aromatic carbocycles. The molecule has 0 saturated heterocycles. The molecule has 1 aliphatic rings. The molecule has 0 bridgehead atoms. The average Bonchev–Trinajstić information content (AvgIpc) is 2.93. The third-order valence-electron chi connectivity index (χ3n) is 4.64. The van der Waals surface area contributed by atoms with Gasteiger partial charge in [0.05, 0.1) is 11.3 Å². The fourth-order valence-corrected chi connectivity index (χ4v) is 3.54. The summed E-state index contributed by atoms with van der Waals surface area (Å²) in [5.74, 6) is -1.41. The first kappa shape index (κ1) is 18.9. The average molecular weight is 407 g/mol. The predicted molar refractivity (Wildman–Crippen MR) is 112 cm³/mol. The molecule has 29 heavy (non-hydrogen) atoms. The summed E-state index contributed by atoms with van der Waals surface area (Å²) in [5, 5.41) is 3.46. The second-order valence-corrected chi connectivity index (χ2v) is 7.06. The molecular weight excluding hydrogens is 391 g/mol. The highest BCUT2D eigenvalue weighted by molar-refractivity contribution is 6.46. The van der Waals surface area contributed by atoms with Crippen LogP contribution in [0, 0.1) is 12.7 Å². The second-order valence-electron chi connectivity index (χ2n) is 6.63. The first-order chi connectivity index (χ1) is 14.0. The zero-order valence-electron chi connectivity index (χ0n) is 15.4. The van der Waals surface area contributed by atoms with Crippen molar-refractivity contribution in [1.82, 2.24) is 0 Å². The Morgan fingerprint density at radius 1 is 0.897 bits per heavy atom. The molecule has 0 aliphatic carbocycles. The van der Waals surface area contributed by atoms with E-state index in [1.54, 1.807) is 55.5 Å². The summed E-state index contributed by atoms with van der Waals surface area (Å²) >= 11 is 6.03. The first-order valence-corrected chi connectivity index (χ1v) is 9.31. The Balaban J connectivity index is 1.84. The fraction of sp³-hybridized carbons (Fsp3) is 0.0435. The molecule has 0 atom stereocenters. The lowest BCUT2D eigenvalue weighted by Gasteiger charge is -2.18. The molecule has 0 fully saturated rings. The van der Waals surface area contributed by atoms with Crippen molar-refractivity contribution in [1.29, 1.82) is 0 Å². The number of benzene rings is 3. The summed E-state index contributed by atoms with van der Waals surface area (Å²) in [5.41, 5.74) is 2.45. The summed E-state index contributed by atoms with van der Waals surface area (Å²) < 4.78 is 13.6. The zero-order valence-corrected chi connectivity index (χ0v) is 16.2. The van der Waals surface area contributed by atoms with Crippen molar-refractivity contribution in [3.05, 3.63) is 100 Å². The van der Waals surface area contributed by atoms with Gasteiger partial charge in [0, 0.05) is 10.7 Å². The molecule has 0 radical (unpaired) electrons. The minimum Gasteiger partial charge on any atom is -0.350 e. The van der Waals surface area contributed by atoms with Crippen molar-refractivity contribution in [2.24, 2.45) is 0 Å². The van der Waals surface area contributed by atoms with Crippen LogP contribution in [-0.4, -0.2) is 11.8 Å². The monoisotopic (exact) mass is 406 g/mol. The van der Waals surface area contributed by atoms with E-state index in [1.165, 1.54) is 18.2 Å². The molecule has 6 heteroatoms. The van der Waals surface area contributed by atoms with E-state index in [0.29, 0.717) is 27.5 Å². The van der Waals surface area contributed by atoms with E-state index in [2.05, 4.69) is 5.32 Å². The van der Waals surface area contributed by atoms with Gasteiger partial charge in [-0.1, -0.05) is 48.0 Å². The topological polar surface area (TPSA) is 49.4 Å². The summed E-state index contributed by atoms with van der Waals surface area (Å²) in [6.07, 6.45) is 0. The van der Waals surface area contributed by atoms with Crippen LogP contribution < -0.4 is 10.2 Å². The lowest BCUT2D eigenvalue weighted by Crippen LogP contribution is -2.33. The van der Waals surface area contributed by atoms with Crippen molar-refractivity contribution in [3.8, 4) is 0 Å². The molecule has 3 aromatic rings. The van der Waals surface area contributed by atoms with E-state index < -0.39 is 17.6 Å². The zero-order chi connectivity index (χ0) is 20.5. The van der Waals surface area contributed by atoms with Gasteiger partial charge in [-0.15, -0.1) is 0 Å². The number of nitrogens with one attached hydrogen (secondary N) is 1. The van der Waals surface area contributed by atoms with Crippen LogP contribution in [0.25, 0.3) is 5.57 Å². The third kappa shape index (κ3) is 3.52. The summed E-state index contributed by atoms with van der Waals surface area (Å²) in [7, 11) is 0. The van der Waals surface area contributed by atoms with Crippen LogP contribution in [0.2, 0.25) is 5.02 Å². The van der Waals surface area contributed by atoms with Crippen LogP contribution in [0.3, 0.4) is 0 Å². The van der Waals surface area contributed by atoms with Gasteiger partial charge in [0.2, 0.25) is 0 Å². The van der Waals surface area contributed by atoms with E-state index in [9.17, 15) is 14.0 Å². The highest BCUT2D eigenvalue weighted by Crippen LogP contribution is 2.35. The highest BCUT2D eigenvalue weighted by Gasteiger charge is 2.40. The Morgan fingerprint density at radius 3 is 2.34 bits per heavy atom. The molecule has 0 aromatic heterocycles. The predicted octanol–water partition coefficient (Wildman–Crippen LogP) is 5.18. The Kier molecular flexibility index (Phi) is 4.91. The molecule has 0 saturated carbocycles. The van der Waals surface area contributed by atoms with Crippen LogP contribution in [0.1, 0.15) is 11.1 Å². The minimum absolute atomic E-state index is 0.0983. The van der Waals surface area contributed by atoms with Crippen LogP contribution in [-0.2, 0) is 9.59 Å². The van der Waals surface area contributed by atoms with Gasteiger partial charge >= 0.3 is 0 Å². The lowest BCUT2D eigenvalue weighted by molar-refractivity contribution is -0.120. The molecule has 1 heterocycles. The van der Waals surface area contributed by atoms with Gasteiger partial charge in [0.1, 0.15) is 11.5 Å². The number of rotatable bonds is 4. The maximum Gasteiger partial charge on any atom is 0.282 e. The quantitative estimate of drug-likeness (QED) is 0.607. The number of amides is 2. The number of imide groups is 1. The van der Waals surface area contributed by atoms with E-state index in [4.69, 9.17) is 11.6 Å². The van der Waals surface area contributed by atoms with Gasteiger partial charge in [-0.05, 0) is 54.4 Å². The maximum absolute atomic E-state index is 13.6. The first-order valence-electron chi connectivity index (χ1n) is 8.93. The molecule has 4 rings (SSSR count). The van der Waals surface area contributed by atoms with E-state index in [0.717, 1.165) is 4.90 Å². The highest BCUT2D eigenvalue weighted by atomic mass is 35.5. The van der Waals surface area contributed by atoms with Gasteiger partial charge in [0.25, 0.3) is 11.8 Å². The van der Waals surface area contributed by atoms with Gasteiger partial charge in [-0.2, -0.15) is 0 Å². The van der Waals surface area contributed by atoms with E-state index in [1.807, 2.05) is 6.07 Å². The molecule has 144 valence electrons. The molecule has 0 spiro atoms. The summed E-state index contributed by atoms with van der Waals surface area (Å²) in [6, 6.07) is 19.6. The van der Waals surface area contributed by atoms with Gasteiger partial charge in [-0.25, -0.2) is 9.29 Å². The summed E-state index contributed by atoms with van der Waals surface area (Å²) in [6.45, 7) is 1.78. The SMILES string of the molecule is Cc1cc(Cl)ccc1N1C(=O)C(Nc2cccc(F)c2)=C(c2ccccc2)C1=O. The van der Waals surface area contributed by atoms with Crippen molar-refractivity contribution in [2.75, 3.05) is 10.2 Å². The van der Waals surface area contributed by atoms with Crippen molar-refractivity contribution in [3.63, 3.8) is 0 Å². The fourth-order valence-electron chi connectivity index (χ4n) is 3.32. The van der Waals surface area contributed by atoms with Gasteiger partial charge < -0.3 is 5.32 Å². The van der Waals surface area contributed by atoms with Crippen LogP contribution >= 0.6 is 11.6 Å².